The van der Waals surface area contributed by atoms with Gasteiger partial charge in [-0.15, -0.1) is 4.83 Å². The molecule has 1 saturated carbocycles. The Morgan fingerprint density at radius 3 is 2.47 bits per heavy atom. The SMILES string of the molecule is Cc1ccc(OP(=O)(NC(C)(C)C(=O)OCC2CCCCC2C(F)(F)F)OCC2OC(n3cnc4c(N(C)NS(C)(=O)=O)nc(N)nc43)[C@](C)(O)[C@@H]2O)cc1. The van der Waals surface area contributed by atoms with Crippen LogP contribution in [0.2, 0.25) is 0 Å². The van der Waals surface area contributed by atoms with Crippen LogP contribution in [0.15, 0.2) is 30.6 Å². The number of carbonyl (C=O) groups is 1. The third-order valence-corrected chi connectivity index (χ3v) is 11.8. The molecular weight excluding hydrogens is 776 g/mol. The second-order valence-corrected chi connectivity index (χ2v) is 18.0. The van der Waals surface area contributed by atoms with Crippen molar-refractivity contribution in [2.45, 2.75) is 89.1 Å². The van der Waals surface area contributed by atoms with Crippen LogP contribution in [0.3, 0.4) is 0 Å². The van der Waals surface area contributed by atoms with Crippen LogP contribution in [0.5, 0.6) is 5.75 Å². The number of imidazole rings is 1. The number of hydrogen-bond donors (Lipinski definition) is 5. The Balaban J connectivity index is 1.36. The number of nitrogens with zero attached hydrogens (tertiary/aromatic N) is 5. The minimum Gasteiger partial charge on any atom is -0.464 e. The summed E-state index contributed by atoms with van der Waals surface area (Å²) in [5.41, 5.74) is 2.90. The number of nitrogens with two attached hydrogens (primary N) is 1. The Hall–Kier alpha value is -3.63. The van der Waals surface area contributed by atoms with Crippen LogP contribution in [0, 0.1) is 18.8 Å². The van der Waals surface area contributed by atoms with Crippen LogP contribution < -0.4 is 25.2 Å². The third kappa shape index (κ3) is 9.85. The maximum Gasteiger partial charge on any atom is 0.459 e. The summed E-state index contributed by atoms with van der Waals surface area (Å²) in [7, 11) is -7.01. The van der Waals surface area contributed by atoms with Crippen molar-refractivity contribution in [3.8, 4) is 5.75 Å². The molecule has 306 valence electrons. The fourth-order valence-corrected chi connectivity index (χ4v) is 8.84. The number of hydrogen-bond acceptors (Lipinski definition) is 15. The normalized spacial score (nSPS) is 26.1. The van der Waals surface area contributed by atoms with Crippen molar-refractivity contribution in [1.82, 2.24) is 29.4 Å². The van der Waals surface area contributed by atoms with Gasteiger partial charge in [-0.05, 0) is 52.7 Å². The number of fused-ring (bicyclic) bond motifs is 1. The number of benzene rings is 1. The topological polar surface area (TPSA) is 243 Å². The van der Waals surface area contributed by atoms with Crippen molar-refractivity contribution in [1.29, 1.82) is 0 Å². The van der Waals surface area contributed by atoms with Gasteiger partial charge in [0.2, 0.25) is 16.0 Å². The average Bonchev–Trinajstić information content (AvgIpc) is 3.58. The van der Waals surface area contributed by atoms with Gasteiger partial charge in [-0.25, -0.2) is 18.0 Å². The molecule has 5 unspecified atom stereocenters. The van der Waals surface area contributed by atoms with E-state index in [1.165, 1.54) is 50.8 Å². The number of aromatic nitrogens is 4. The average molecular weight is 823 g/mol. The summed E-state index contributed by atoms with van der Waals surface area (Å²) in [5, 5.41) is 26.4. The number of sulfonamides is 1. The highest BCUT2D eigenvalue weighted by Gasteiger charge is 2.55. The molecule has 2 aromatic heterocycles. The Morgan fingerprint density at radius 2 is 1.84 bits per heavy atom. The van der Waals surface area contributed by atoms with E-state index in [1.54, 1.807) is 12.1 Å². The molecule has 2 fully saturated rings. The molecule has 1 aromatic carbocycles. The smallest absolute Gasteiger partial charge is 0.459 e. The highest BCUT2D eigenvalue weighted by atomic mass is 32.2. The summed E-state index contributed by atoms with van der Waals surface area (Å²) in [6.07, 6.45) is -5.70. The van der Waals surface area contributed by atoms with E-state index in [-0.39, 0.29) is 41.5 Å². The van der Waals surface area contributed by atoms with Crippen molar-refractivity contribution in [2.75, 3.05) is 37.3 Å². The first-order chi connectivity index (χ1) is 25.4. The third-order valence-electron chi connectivity index (χ3n) is 9.39. The first-order valence-corrected chi connectivity index (χ1v) is 20.6. The largest absolute Gasteiger partial charge is 0.464 e. The fourth-order valence-electron chi connectivity index (χ4n) is 6.57. The van der Waals surface area contributed by atoms with E-state index < -0.39 is 84.5 Å². The standard InChI is InChI=1S/C32H46F3N8O10PS/c1-18-11-13-20(14-12-18)53-54(47,40-30(2,3)28(45)50-15-19-9-7-8-10-21(19)32(33,34)35)51-16-22-24(44)31(4,46)27(52-22)43-17-37-23-25(38-29(36)39-26(23)43)42(5)41-55(6,48)49/h11-14,17,19,21-22,24,27,41,44,46H,7-10,15-16H2,1-6H3,(H,40,47)(H2,36,38,39)/t19?,21?,22?,24-,27?,31-,54?/m1/s1. The number of alkyl halides is 3. The first-order valence-electron chi connectivity index (χ1n) is 17.2. The fraction of sp³-hybridized carbons (Fsp3) is 0.625. The van der Waals surface area contributed by atoms with E-state index in [4.69, 9.17) is 24.3 Å². The molecule has 18 nitrogen and oxygen atoms in total. The number of aryl methyl sites for hydroxylation is 1. The summed E-state index contributed by atoms with van der Waals surface area (Å²) < 4.78 is 103. The van der Waals surface area contributed by atoms with E-state index in [1.807, 2.05) is 6.92 Å². The van der Waals surface area contributed by atoms with Gasteiger partial charge in [-0.1, -0.05) is 30.5 Å². The lowest BCUT2D eigenvalue weighted by Crippen LogP contribution is -2.48. The zero-order chi connectivity index (χ0) is 40.7. The molecule has 1 saturated heterocycles. The summed E-state index contributed by atoms with van der Waals surface area (Å²) in [6, 6.07) is 6.32. The van der Waals surface area contributed by atoms with E-state index in [0.29, 0.717) is 12.8 Å². The van der Waals surface area contributed by atoms with Gasteiger partial charge >= 0.3 is 19.9 Å². The molecule has 55 heavy (non-hydrogen) atoms. The molecule has 1 aliphatic carbocycles. The predicted octanol–water partition coefficient (Wildman–Crippen LogP) is 3.11. The van der Waals surface area contributed by atoms with Gasteiger partial charge in [0.1, 0.15) is 29.1 Å². The molecule has 23 heteroatoms. The number of nitrogen functional groups attached to an aromatic ring is 1. The second-order valence-electron chi connectivity index (χ2n) is 14.6. The van der Waals surface area contributed by atoms with Gasteiger partial charge in [-0.2, -0.15) is 28.2 Å². The molecule has 3 aromatic rings. The highest BCUT2D eigenvalue weighted by molar-refractivity contribution is 7.88. The summed E-state index contributed by atoms with van der Waals surface area (Å²) in [6.45, 7) is 4.46. The molecule has 1 aliphatic heterocycles. The zero-order valence-corrected chi connectivity index (χ0v) is 32.7. The molecule has 2 aliphatic rings. The van der Waals surface area contributed by atoms with E-state index in [0.717, 1.165) is 16.8 Å². The number of esters is 1. The summed E-state index contributed by atoms with van der Waals surface area (Å²) in [4.78, 5) is 28.0. The van der Waals surface area contributed by atoms with Gasteiger partial charge in [0.25, 0.3) is 0 Å². The number of anilines is 2. The number of carbonyl (C=O) groups excluding carboxylic acids is 1. The van der Waals surface area contributed by atoms with E-state index in [2.05, 4.69) is 24.9 Å². The van der Waals surface area contributed by atoms with Gasteiger partial charge in [0.15, 0.2) is 23.2 Å². The van der Waals surface area contributed by atoms with Crippen LogP contribution in [-0.4, -0.2) is 100 Å². The molecule has 6 N–H and O–H groups in total. The molecule has 3 heterocycles. The molecule has 7 atom stereocenters. The maximum atomic E-state index is 14.4. The highest BCUT2D eigenvalue weighted by Crippen LogP contribution is 2.49. The monoisotopic (exact) mass is 822 g/mol. The van der Waals surface area contributed by atoms with Crippen LogP contribution in [-0.2, 0) is 33.4 Å². The number of ether oxygens (including phenoxy) is 2. The zero-order valence-electron chi connectivity index (χ0n) is 31.0. The van der Waals surface area contributed by atoms with Crippen molar-refractivity contribution in [3.63, 3.8) is 0 Å². The van der Waals surface area contributed by atoms with Crippen molar-refractivity contribution < 1.29 is 59.7 Å². The Morgan fingerprint density at radius 1 is 1.18 bits per heavy atom. The van der Waals surface area contributed by atoms with Gasteiger partial charge in [-0.3, -0.25) is 18.9 Å². The predicted molar refractivity (Wildman–Crippen MR) is 192 cm³/mol. The molecule has 0 spiro atoms. The number of hydrazine groups is 1. The van der Waals surface area contributed by atoms with Gasteiger partial charge in [0, 0.05) is 13.0 Å². The lowest BCUT2D eigenvalue weighted by Gasteiger charge is -2.34. The maximum absolute atomic E-state index is 14.4. The number of rotatable bonds is 14. The Labute approximate surface area is 315 Å². The lowest BCUT2D eigenvalue weighted by atomic mass is 9.79. The van der Waals surface area contributed by atoms with Gasteiger partial charge in [0.05, 0.1) is 31.7 Å². The number of nitrogens with one attached hydrogen (secondary N) is 2. The van der Waals surface area contributed by atoms with Crippen LogP contribution in [0.4, 0.5) is 24.9 Å². The molecule has 5 rings (SSSR count). The molecular formula is C32H46F3N8O10PS. The molecule has 0 bridgehead atoms. The minimum absolute atomic E-state index is 0.00576. The minimum atomic E-state index is -4.63. The lowest BCUT2D eigenvalue weighted by molar-refractivity contribution is -0.203. The van der Waals surface area contributed by atoms with Crippen molar-refractivity contribution in [2.24, 2.45) is 11.8 Å². The van der Waals surface area contributed by atoms with Crippen LogP contribution in [0.1, 0.15) is 58.2 Å². The van der Waals surface area contributed by atoms with Crippen LogP contribution >= 0.6 is 7.75 Å². The van der Waals surface area contributed by atoms with E-state index in [9.17, 15) is 41.2 Å². The first kappa shape index (κ1) is 42.5. The summed E-state index contributed by atoms with van der Waals surface area (Å²) >= 11 is 0. The molecule has 0 amide bonds. The second kappa shape index (κ2) is 15.7. The number of halogens is 3. The quantitative estimate of drug-likeness (QED) is 0.0891. The van der Waals surface area contributed by atoms with Crippen LogP contribution in [0.25, 0.3) is 11.2 Å². The van der Waals surface area contributed by atoms with Crippen molar-refractivity contribution >= 4 is 46.7 Å². The Bertz CT molecular complexity index is 2020. The van der Waals surface area contributed by atoms with Gasteiger partial charge < -0.3 is 29.9 Å². The van der Waals surface area contributed by atoms with E-state index >= 15 is 0 Å². The Kier molecular flexibility index (Phi) is 12.2. The molecule has 0 radical (unpaired) electrons. The number of aliphatic hydroxyl groups excluding tert-OH is 1. The van der Waals surface area contributed by atoms with Crippen molar-refractivity contribution in [3.05, 3.63) is 36.2 Å². The number of aliphatic hydroxyl groups is 2. The summed E-state index contributed by atoms with van der Waals surface area (Å²) in [5.74, 6) is -3.83.